The van der Waals surface area contributed by atoms with Crippen molar-refractivity contribution in [2.24, 2.45) is 5.92 Å². The summed E-state index contributed by atoms with van der Waals surface area (Å²) >= 11 is 0. The predicted octanol–water partition coefficient (Wildman–Crippen LogP) is 2.31. The average Bonchev–Trinajstić information content (AvgIpc) is 2.56. The van der Waals surface area contributed by atoms with Crippen molar-refractivity contribution in [2.75, 3.05) is 18.8 Å². The van der Waals surface area contributed by atoms with E-state index in [1.165, 1.54) is 12.1 Å². The lowest BCUT2D eigenvalue weighted by atomic mass is 9.84. The van der Waals surface area contributed by atoms with Crippen molar-refractivity contribution in [1.29, 1.82) is 0 Å². The smallest absolute Gasteiger partial charge is 0.225 e. The molecule has 120 valence electrons. The van der Waals surface area contributed by atoms with Crippen LogP contribution in [0.5, 0.6) is 0 Å². The van der Waals surface area contributed by atoms with Crippen molar-refractivity contribution in [3.05, 3.63) is 35.6 Å². The van der Waals surface area contributed by atoms with Crippen LogP contribution < -0.4 is 0 Å². The first-order valence-electron chi connectivity index (χ1n) is 7.74. The molecule has 1 aliphatic heterocycles. The number of sulfone groups is 1. The van der Waals surface area contributed by atoms with Gasteiger partial charge in [-0.05, 0) is 25.3 Å². The maximum atomic E-state index is 14.0. The summed E-state index contributed by atoms with van der Waals surface area (Å²) in [6.07, 6.45) is 3.14. The summed E-state index contributed by atoms with van der Waals surface area (Å²) in [6, 6.07) is 6.01. The number of carbonyl (C=O) groups excluding carboxylic acids is 1. The molecule has 0 aromatic heterocycles. The number of carbonyl (C=O) groups is 1. The fraction of sp³-hybridized carbons (Fsp3) is 0.562. The van der Waals surface area contributed by atoms with E-state index in [-0.39, 0.29) is 36.1 Å². The molecule has 1 aromatic rings. The minimum absolute atomic E-state index is 0.0627. The zero-order valence-corrected chi connectivity index (χ0v) is 13.2. The van der Waals surface area contributed by atoms with Gasteiger partial charge in [0.2, 0.25) is 5.91 Å². The van der Waals surface area contributed by atoms with Crippen molar-refractivity contribution in [3.8, 4) is 0 Å². The van der Waals surface area contributed by atoms with Gasteiger partial charge in [-0.1, -0.05) is 24.6 Å². The van der Waals surface area contributed by atoms with Crippen molar-refractivity contribution in [2.45, 2.75) is 30.9 Å². The number of hydrogen-bond donors (Lipinski definition) is 0. The van der Waals surface area contributed by atoms with Crippen LogP contribution in [0.1, 0.15) is 36.5 Å². The molecule has 4 nitrogen and oxygen atoms in total. The molecule has 0 N–H and O–H groups in total. The molecule has 1 amide bonds. The van der Waals surface area contributed by atoms with Crippen LogP contribution in [-0.2, 0) is 14.6 Å². The van der Waals surface area contributed by atoms with E-state index in [2.05, 4.69) is 0 Å². The van der Waals surface area contributed by atoms with E-state index < -0.39 is 20.9 Å². The van der Waals surface area contributed by atoms with Gasteiger partial charge in [-0.15, -0.1) is 0 Å². The van der Waals surface area contributed by atoms with E-state index in [9.17, 15) is 17.6 Å². The second-order valence-electron chi connectivity index (χ2n) is 6.12. The fourth-order valence-corrected chi connectivity index (χ4v) is 4.97. The molecule has 22 heavy (non-hydrogen) atoms. The van der Waals surface area contributed by atoms with Gasteiger partial charge >= 0.3 is 0 Å². The highest BCUT2D eigenvalue weighted by Gasteiger charge is 2.36. The molecule has 6 heteroatoms. The van der Waals surface area contributed by atoms with Gasteiger partial charge in [0.15, 0.2) is 9.84 Å². The highest BCUT2D eigenvalue weighted by atomic mass is 32.2. The number of rotatable bonds is 2. The standard InChI is InChI=1S/C16H20FNO3S/c17-14-7-2-1-6-13(14)15-8-9-18(10-11-22(15,20)21)16(19)12-4-3-5-12/h1-2,6-7,12,15H,3-5,8-11H2. The van der Waals surface area contributed by atoms with Gasteiger partial charge in [-0.2, -0.15) is 0 Å². The summed E-state index contributed by atoms with van der Waals surface area (Å²) in [6.45, 7) is 0.607. The molecular formula is C16H20FNO3S. The summed E-state index contributed by atoms with van der Waals surface area (Å²) in [5, 5.41) is -0.854. The molecular weight excluding hydrogens is 305 g/mol. The summed E-state index contributed by atoms with van der Waals surface area (Å²) in [4.78, 5) is 14.0. The predicted molar refractivity (Wildman–Crippen MR) is 81.5 cm³/mol. The Morgan fingerprint density at radius 3 is 2.50 bits per heavy atom. The Hall–Kier alpha value is -1.43. The largest absolute Gasteiger partial charge is 0.341 e. The van der Waals surface area contributed by atoms with Crippen LogP contribution in [0.3, 0.4) is 0 Å². The van der Waals surface area contributed by atoms with Gasteiger partial charge in [-0.25, -0.2) is 12.8 Å². The van der Waals surface area contributed by atoms with E-state index in [1.54, 1.807) is 17.0 Å². The van der Waals surface area contributed by atoms with Crippen LogP contribution in [0.25, 0.3) is 0 Å². The van der Waals surface area contributed by atoms with Crippen molar-refractivity contribution >= 4 is 15.7 Å². The van der Waals surface area contributed by atoms with E-state index in [4.69, 9.17) is 0 Å². The monoisotopic (exact) mass is 325 g/mol. The Labute approximate surface area is 130 Å². The second-order valence-corrected chi connectivity index (χ2v) is 8.42. The normalized spacial score (nSPS) is 25.3. The van der Waals surface area contributed by atoms with Gasteiger partial charge in [0, 0.05) is 24.6 Å². The third kappa shape index (κ3) is 2.89. The summed E-state index contributed by atoms with van der Waals surface area (Å²) in [5.41, 5.74) is 0.223. The first-order valence-corrected chi connectivity index (χ1v) is 9.45. The van der Waals surface area contributed by atoms with E-state index in [0.29, 0.717) is 6.54 Å². The molecule has 2 aliphatic rings. The van der Waals surface area contributed by atoms with Crippen LogP contribution in [-0.4, -0.2) is 38.1 Å². The van der Waals surface area contributed by atoms with Crippen LogP contribution in [0.2, 0.25) is 0 Å². The topological polar surface area (TPSA) is 54.5 Å². The Morgan fingerprint density at radius 1 is 1.14 bits per heavy atom. The molecule has 2 fully saturated rings. The quantitative estimate of drug-likeness (QED) is 0.838. The zero-order chi connectivity index (χ0) is 15.7. The Balaban J connectivity index is 1.81. The molecule has 1 unspecified atom stereocenters. The first-order chi connectivity index (χ1) is 10.5. The van der Waals surface area contributed by atoms with Crippen molar-refractivity contribution in [3.63, 3.8) is 0 Å². The lowest BCUT2D eigenvalue weighted by Crippen LogP contribution is -2.40. The maximum absolute atomic E-state index is 14.0. The minimum atomic E-state index is -3.45. The Morgan fingerprint density at radius 2 is 1.86 bits per heavy atom. The van der Waals surface area contributed by atoms with Gasteiger partial charge < -0.3 is 4.90 Å². The maximum Gasteiger partial charge on any atom is 0.225 e. The molecule has 0 spiro atoms. The number of halogens is 1. The van der Waals surface area contributed by atoms with Gasteiger partial charge in [0.1, 0.15) is 5.82 Å². The number of nitrogens with zero attached hydrogens (tertiary/aromatic N) is 1. The number of hydrogen-bond acceptors (Lipinski definition) is 3. The third-order valence-electron chi connectivity index (χ3n) is 4.76. The summed E-state index contributed by atoms with van der Waals surface area (Å²) in [7, 11) is -3.45. The van der Waals surface area contributed by atoms with Crippen LogP contribution in [0.4, 0.5) is 4.39 Å². The average molecular weight is 325 g/mol. The van der Waals surface area contributed by atoms with E-state index >= 15 is 0 Å². The molecule has 1 aliphatic carbocycles. The zero-order valence-electron chi connectivity index (χ0n) is 12.4. The van der Waals surface area contributed by atoms with E-state index in [0.717, 1.165) is 19.3 Å². The molecule has 0 radical (unpaired) electrons. The van der Waals surface area contributed by atoms with E-state index in [1.807, 2.05) is 0 Å². The SMILES string of the molecule is O=C(C1CCC1)N1CCC(c2ccccc2F)S(=O)(=O)CC1. The first kappa shape index (κ1) is 15.5. The number of amides is 1. The molecule has 1 aromatic carbocycles. The second kappa shape index (κ2) is 5.99. The van der Waals surface area contributed by atoms with Gasteiger partial charge in [-0.3, -0.25) is 4.79 Å². The molecule has 0 bridgehead atoms. The molecule has 1 heterocycles. The number of benzene rings is 1. The molecule has 3 rings (SSSR count). The minimum Gasteiger partial charge on any atom is -0.341 e. The molecule has 1 saturated heterocycles. The molecule has 1 saturated carbocycles. The van der Waals surface area contributed by atoms with Crippen LogP contribution in [0, 0.1) is 11.7 Å². The van der Waals surface area contributed by atoms with Gasteiger partial charge in [0.25, 0.3) is 0 Å². The fourth-order valence-electron chi connectivity index (χ4n) is 3.16. The molecule has 1 atom stereocenters. The lowest BCUT2D eigenvalue weighted by Gasteiger charge is -2.30. The van der Waals surface area contributed by atoms with Crippen molar-refractivity contribution < 1.29 is 17.6 Å². The highest BCUT2D eigenvalue weighted by Crippen LogP contribution is 2.33. The lowest BCUT2D eigenvalue weighted by molar-refractivity contribution is -0.137. The summed E-state index contributed by atoms with van der Waals surface area (Å²) < 4.78 is 38.9. The Bertz CT molecular complexity index is 670. The van der Waals surface area contributed by atoms with Crippen LogP contribution in [0.15, 0.2) is 24.3 Å². The highest BCUT2D eigenvalue weighted by molar-refractivity contribution is 7.91. The third-order valence-corrected chi connectivity index (χ3v) is 6.87. The summed E-state index contributed by atoms with van der Waals surface area (Å²) in [5.74, 6) is -0.456. The van der Waals surface area contributed by atoms with Crippen molar-refractivity contribution in [1.82, 2.24) is 4.90 Å². The van der Waals surface area contributed by atoms with Gasteiger partial charge in [0.05, 0.1) is 11.0 Å². The van der Waals surface area contributed by atoms with Crippen LogP contribution >= 0.6 is 0 Å². The Kier molecular flexibility index (Phi) is 4.21.